The second kappa shape index (κ2) is 10.1. The predicted molar refractivity (Wildman–Crippen MR) is 125 cm³/mol. The van der Waals surface area contributed by atoms with E-state index in [2.05, 4.69) is 10.3 Å². The van der Waals surface area contributed by atoms with E-state index in [-0.39, 0.29) is 23.6 Å². The van der Waals surface area contributed by atoms with E-state index in [1.54, 1.807) is 48.7 Å². The average Bonchev–Trinajstić information content (AvgIpc) is 3.33. The van der Waals surface area contributed by atoms with Crippen LogP contribution in [0.3, 0.4) is 0 Å². The van der Waals surface area contributed by atoms with Crippen LogP contribution in [-0.2, 0) is 4.79 Å². The second-order valence-corrected chi connectivity index (χ2v) is 9.04. The van der Waals surface area contributed by atoms with Gasteiger partial charge in [-0.1, -0.05) is 43.0 Å². The molecule has 1 atom stereocenters. The Hall–Kier alpha value is -2.70. The zero-order chi connectivity index (χ0) is 21.6. The van der Waals surface area contributed by atoms with Crippen LogP contribution in [-0.4, -0.2) is 22.8 Å². The standard InChI is InChI=1S/C24H24ClN3O2S/c25-17-11-13-19(14-12-17)28(24(30)20-9-4-5-15-26-20)22(21-10-6-16-31-21)23(29)27-18-7-2-1-3-8-18/h4-6,9-16,18,22H,1-3,7-8H2,(H,27,29)/t22-/m1/s1. The van der Waals surface area contributed by atoms with Crippen molar-refractivity contribution in [2.45, 2.75) is 44.2 Å². The molecule has 160 valence electrons. The van der Waals surface area contributed by atoms with Crippen LogP contribution in [0.15, 0.2) is 66.2 Å². The molecular formula is C24H24ClN3O2S. The van der Waals surface area contributed by atoms with Gasteiger partial charge in [-0.2, -0.15) is 0 Å². The smallest absolute Gasteiger partial charge is 0.277 e. The first-order chi connectivity index (χ1) is 15.1. The molecule has 1 fully saturated rings. The summed E-state index contributed by atoms with van der Waals surface area (Å²) < 4.78 is 0. The van der Waals surface area contributed by atoms with Gasteiger partial charge in [-0.25, -0.2) is 0 Å². The van der Waals surface area contributed by atoms with Crippen molar-refractivity contribution in [3.63, 3.8) is 0 Å². The first-order valence-corrected chi connectivity index (χ1v) is 11.7. The van der Waals surface area contributed by atoms with Crippen molar-refractivity contribution < 1.29 is 9.59 Å². The van der Waals surface area contributed by atoms with Crippen molar-refractivity contribution in [3.8, 4) is 0 Å². The van der Waals surface area contributed by atoms with Crippen LogP contribution in [0.4, 0.5) is 5.69 Å². The summed E-state index contributed by atoms with van der Waals surface area (Å²) in [5.41, 5.74) is 0.877. The molecule has 1 N–H and O–H groups in total. The summed E-state index contributed by atoms with van der Waals surface area (Å²) in [5, 5.41) is 5.68. The molecule has 1 aliphatic rings. The first kappa shape index (κ1) is 21.5. The zero-order valence-corrected chi connectivity index (χ0v) is 18.6. The van der Waals surface area contributed by atoms with Crippen molar-refractivity contribution in [2.24, 2.45) is 0 Å². The van der Waals surface area contributed by atoms with Gasteiger partial charge in [0, 0.05) is 27.8 Å². The minimum absolute atomic E-state index is 0.140. The Kier molecular flexibility index (Phi) is 6.99. The largest absolute Gasteiger partial charge is 0.351 e. The summed E-state index contributed by atoms with van der Waals surface area (Å²) >= 11 is 7.55. The predicted octanol–water partition coefficient (Wildman–Crippen LogP) is 5.63. The van der Waals surface area contributed by atoms with Gasteiger partial charge in [-0.3, -0.25) is 19.5 Å². The maximum Gasteiger partial charge on any atom is 0.277 e. The van der Waals surface area contributed by atoms with Crippen molar-refractivity contribution in [3.05, 3.63) is 81.8 Å². The Balaban J connectivity index is 1.74. The molecule has 2 heterocycles. The van der Waals surface area contributed by atoms with Crippen molar-refractivity contribution in [2.75, 3.05) is 4.90 Å². The fourth-order valence-electron chi connectivity index (χ4n) is 3.95. The molecule has 0 bridgehead atoms. The number of carbonyl (C=O) groups excluding carboxylic acids is 2. The van der Waals surface area contributed by atoms with Crippen molar-refractivity contribution >= 4 is 40.4 Å². The van der Waals surface area contributed by atoms with Crippen molar-refractivity contribution in [1.29, 1.82) is 0 Å². The zero-order valence-electron chi connectivity index (χ0n) is 17.0. The maximum atomic E-state index is 13.6. The minimum atomic E-state index is -0.794. The highest BCUT2D eigenvalue weighted by Gasteiger charge is 2.35. The van der Waals surface area contributed by atoms with E-state index in [0.717, 1.165) is 30.6 Å². The Labute approximate surface area is 191 Å². The van der Waals surface area contributed by atoms with Gasteiger partial charge in [0.25, 0.3) is 5.91 Å². The number of halogens is 1. The van der Waals surface area contributed by atoms with Crippen LogP contribution >= 0.6 is 22.9 Å². The number of nitrogens with zero attached hydrogens (tertiary/aromatic N) is 2. The molecule has 31 heavy (non-hydrogen) atoms. The molecule has 0 radical (unpaired) electrons. The molecule has 0 aliphatic heterocycles. The number of rotatable bonds is 6. The number of carbonyl (C=O) groups is 2. The lowest BCUT2D eigenvalue weighted by atomic mass is 9.95. The third-order valence-corrected chi connectivity index (χ3v) is 6.66. The summed E-state index contributed by atoms with van der Waals surface area (Å²) in [7, 11) is 0. The molecule has 0 saturated heterocycles. The van der Waals surface area contributed by atoms with Gasteiger partial charge >= 0.3 is 0 Å². The molecule has 0 spiro atoms. The van der Waals surface area contributed by atoms with E-state index >= 15 is 0 Å². The van der Waals surface area contributed by atoms with E-state index in [1.807, 2.05) is 17.5 Å². The van der Waals surface area contributed by atoms with Gasteiger partial charge < -0.3 is 5.32 Å². The first-order valence-electron chi connectivity index (χ1n) is 10.5. The molecule has 1 aliphatic carbocycles. The van der Waals surface area contributed by atoms with Crippen LogP contribution in [0.5, 0.6) is 0 Å². The van der Waals surface area contributed by atoms with E-state index < -0.39 is 6.04 Å². The molecule has 2 aromatic heterocycles. The highest BCUT2D eigenvalue weighted by molar-refractivity contribution is 7.10. The van der Waals surface area contributed by atoms with Crippen LogP contribution in [0.2, 0.25) is 5.02 Å². The number of pyridine rings is 1. The summed E-state index contributed by atoms with van der Waals surface area (Å²) in [4.78, 5) is 33.8. The van der Waals surface area contributed by atoms with E-state index in [4.69, 9.17) is 11.6 Å². The average molecular weight is 454 g/mol. The second-order valence-electron chi connectivity index (χ2n) is 7.63. The molecule has 4 rings (SSSR count). The number of benzene rings is 1. The van der Waals surface area contributed by atoms with Gasteiger partial charge in [-0.05, 0) is 60.7 Å². The Morgan fingerprint density at radius 2 is 1.81 bits per heavy atom. The van der Waals surface area contributed by atoms with Gasteiger partial charge in [0.1, 0.15) is 5.69 Å². The molecule has 7 heteroatoms. The van der Waals surface area contributed by atoms with Crippen LogP contribution in [0.1, 0.15) is 53.5 Å². The SMILES string of the molecule is O=C(NC1CCCCC1)[C@@H](c1cccs1)N(C(=O)c1ccccn1)c1ccc(Cl)cc1. The molecule has 5 nitrogen and oxygen atoms in total. The molecule has 2 amide bonds. The molecule has 0 unspecified atom stereocenters. The molecular weight excluding hydrogens is 430 g/mol. The summed E-state index contributed by atoms with van der Waals surface area (Å²) in [5.74, 6) is -0.506. The number of amides is 2. The Bertz CT molecular complexity index is 1000. The van der Waals surface area contributed by atoms with Gasteiger partial charge in [0.05, 0.1) is 0 Å². The molecule has 3 aromatic rings. The number of hydrogen-bond donors (Lipinski definition) is 1. The highest BCUT2D eigenvalue weighted by atomic mass is 35.5. The lowest BCUT2D eigenvalue weighted by Gasteiger charge is -2.32. The monoisotopic (exact) mass is 453 g/mol. The fourth-order valence-corrected chi connectivity index (χ4v) is 4.88. The van der Waals surface area contributed by atoms with E-state index in [9.17, 15) is 9.59 Å². The minimum Gasteiger partial charge on any atom is -0.351 e. The molecule has 1 aromatic carbocycles. The van der Waals surface area contributed by atoms with Gasteiger partial charge in [0.15, 0.2) is 6.04 Å². The quantitative estimate of drug-likeness (QED) is 0.525. The number of aromatic nitrogens is 1. The van der Waals surface area contributed by atoms with Crippen LogP contribution < -0.4 is 10.2 Å². The molecule has 1 saturated carbocycles. The fraction of sp³-hybridized carbons (Fsp3) is 0.292. The third kappa shape index (κ3) is 5.14. The number of nitrogens with one attached hydrogen (secondary N) is 1. The number of anilines is 1. The summed E-state index contributed by atoms with van der Waals surface area (Å²) in [6, 6.07) is 15.3. The summed E-state index contributed by atoms with van der Waals surface area (Å²) in [6.07, 6.45) is 6.95. The number of thiophene rings is 1. The van der Waals surface area contributed by atoms with Gasteiger partial charge in [-0.15, -0.1) is 11.3 Å². The summed E-state index contributed by atoms with van der Waals surface area (Å²) in [6.45, 7) is 0. The lowest BCUT2D eigenvalue weighted by Crippen LogP contribution is -2.47. The highest BCUT2D eigenvalue weighted by Crippen LogP contribution is 2.33. The maximum absolute atomic E-state index is 13.6. The normalized spacial score (nSPS) is 15.3. The Morgan fingerprint density at radius 1 is 1.03 bits per heavy atom. The van der Waals surface area contributed by atoms with Crippen molar-refractivity contribution in [1.82, 2.24) is 10.3 Å². The third-order valence-electron chi connectivity index (χ3n) is 5.48. The lowest BCUT2D eigenvalue weighted by molar-refractivity contribution is -0.123. The van der Waals surface area contributed by atoms with Gasteiger partial charge in [0.2, 0.25) is 5.91 Å². The Morgan fingerprint density at radius 3 is 2.45 bits per heavy atom. The van der Waals surface area contributed by atoms with E-state index in [0.29, 0.717) is 10.7 Å². The van der Waals surface area contributed by atoms with E-state index in [1.165, 1.54) is 22.7 Å². The van der Waals surface area contributed by atoms with Crippen LogP contribution in [0.25, 0.3) is 0 Å². The van der Waals surface area contributed by atoms with Crippen LogP contribution in [0, 0.1) is 0 Å². The number of hydrogen-bond acceptors (Lipinski definition) is 4. The topological polar surface area (TPSA) is 62.3 Å².